The molecule has 0 aliphatic heterocycles. The highest BCUT2D eigenvalue weighted by molar-refractivity contribution is 9.11. The van der Waals surface area contributed by atoms with Gasteiger partial charge in [0.05, 0.1) is 14.4 Å². The summed E-state index contributed by atoms with van der Waals surface area (Å²) >= 11 is 9.98. The molecule has 0 aromatic carbocycles. The van der Waals surface area contributed by atoms with Crippen molar-refractivity contribution in [3.05, 3.63) is 49.8 Å². The summed E-state index contributed by atoms with van der Waals surface area (Å²) in [4.78, 5) is 15.9. The van der Waals surface area contributed by atoms with Crippen molar-refractivity contribution in [2.45, 2.75) is 5.75 Å². The van der Waals surface area contributed by atoms with Gasteiger partial charge < -0.3 is 0 Å². The standard InChI is InChI=1S/C11H8BrClN2O3S2/c12-9-3-2-8(19-9)11(16)15-20(17,18)6-7-1-4-10(13)14-5-7/h1-5H,6H2,(H,15,16). The minimum absolute atomic E-state index is 0.276. The molecule has 0 aliphatic rings. The van der Waals surface area contributed by atoms with Crippen LogP contribution in [0.4, 0.5) is 0 Å². The summed E-state index contributed by atoms with van der Waals surface area (Å²) in [5.74, 6) is -0.988. The molecule has 2 aromatic rings. The number of aromatic nitrogens is 1. The van der Waals surface area contributed by atoms with Crippen LogP contribution in [0.15, 0.2) is 34.2 Å². The van der Waals surface area contributed by atoms with E-state index in [0.29, 0.717) is 10.4 Å². The Kier molecular flexibility index (Phi) is 4.79. The predicted molar refractivity (Wildman–Crippen MR) is 81.4 cm³/mol. The predicted octanol–water partition coefficient (Wildman–Crippen LogP) is 2.82. The smallest absolute Gasteiger partial charge is 0.267 e. The molecular formula is C11H8BrClN2O3S2. The lowest BCUT2D eigenvalue weighted by atomic mass is 10.3. The molecule has 0 bridgehead atoms. The number of rotatable bonds is 4. The van der Waals surface area contributed by atoms with E-state index in [-0.39, 0.29) is 10.9 Å². The second kappa shape index (κ2) is 6.21. The van der Waals surface area contributed by atoms with Gasteiger partial charge in [0.25, 0.3) is 5.91 Å². The number of nitrogens with zero attached hydrogens (tertiary/aromatic N) is 1. The lowest BCUT2D eigenvalue weighted by molar-refractivity contribution is 0.0985. The molecule has 1 amide bonds. The number of hydrogen-bond acceptors (Lipinski definition) is 5. The molecule has 0 fully saturated rings. The van der Waals surface area contributed by atoms with E-state index in [1.807, 2.05) is 4.72 Å². The molecule has 0 saturated carbocycles. The molecule has 9 heteroatoms. The number of nitrogens with one attached hydrogen (secondary N) is 1. The number of halogens is 2. The summed E-state index contributed by atoms with van der Waals surface area (Å²) in [7, 11) is -3.78. The molecular weight excluding hydrogens is 388 g/mol. The van der Waals surface area contributed by atoms with Crippen LogP contribution in [-0.4, -0.2) is 19.3 Å². The number of sulfonamides is 1. The summed E-state index contributed by atoms with van der Waals surface area (Å²) in [6.07, 6.45) is 1.35. The SMILES string of the molecule is O=C(NS(=O)(=O)Cc1ccc(Cl)nc1)c1ccc(Br)s1. The Bertz CT molecular complexity index is 728. The maximum atomic E-state index is 11.9. The van der Waals surface area contributed by atoms with E-state index in [9.17, 15) is 13.2 Å². The first-order valence-electron chi connectivity index (χ1n) is 5.26. The fraction of sp³-hybridized carbons (Fsp3) is 0.0909. The topological polar surface area (TPSA) is 76.1 Å². The van der Waals surface area contributed by atoms with E-state index in [0.717, 1.165) is 15.1 Å². The van der Waals surface area contributed by atoms with Crippen LogP contribution >= 0.6 is 38.9 Å². The summed E-state index contributed by atoms with van der Waals surface area (Å²) in [5, 5.41) is 0.276. The highest BCUT2D eigenvalue weighted by Crippen LogP contribution is 2.22. The molecule has 0 unspecified atom stereocenters. The van der Waals surface area contributed by atoms with Crippen molar-refractivity contribution in [2.75, 3.05) is 0 Å². The van der Waals surface area contributed by atoms with Crippen LogP contribution in [0.5, 0.6) is 0 Å². The van der Waals surface area contributed by atoms with E-state index in [1.54, 1.807) is 18.2 Å². The van der Waals surface area contributed by atoms with Crippen molar-refractivity contribution in [1.29, 1.82) is 0 Å². The summed E-state index contributed by atoms with van der Waals surface area (Å²) < 4.78 is 26.5. The van der Waals surface area contributed by atoms with Gasteiger partial charge in [-0.2, -0.15) is 0 Å². The number of thiophene rings is 1. The Labute approximate surface area is 133 Å². The average Bonchev–Trinajstić information content (AvgIpc) is 2.78. The largest absolute Gasteiger partial charge is 0.274 e. The first kappa shape index (κ1) is 15.4. The summed E-state index contributed by atoms with van der Waals surface area (Å²) in [5.41, 5.74) is 0.446. The second-order valence-electron chi connectivity index (χ2n) is 3.78. The fourth-order valence-electron chi connectivity index (χ4n) is 1.38. The highest BCUT2D eigenvalue weighted by atomic mass is 79.9. The highest BCUT2D eigenvalue weighted by Gasteiger charge is 2.18. The van der Waals surface area contributed by atoms with E-state index in [2.05, 4.69) is 20.9 Å². The minimum Gasteiger partial charge on any atom is -0.267 e. The van der Waals surface area contributed by atoms with Gasteiger partial charge in [-0.15, -0.1) is 11.3 Å². The zero-order valence-corrected chi connectivity index (χ0v) is 13.8. The molecule has 2 rings (SSSR count). The Morgan fingerprint density at radius 1 is 1.35 bits per heavy atom. The van der Waals surface area contributed by atoms with Crippen LogP contribution in [-0.2, 0) is 15.8 Å². The van der Waals surface area contributed by atoms with Crippen LogP contribution in [0, 0.1) is 0 Å². The number of pyridine rings is 1. The molecule has 2 aromatic heterocycles. The van der Waals surface area contributed by atoms with Crippen LogP contribution < -0.4 is 4.72 Å². The van der Waals surface area contributed by atoms with Gasteiger partial charge in [0.15, 0.2) is 0 Å². The Hall–Kier alpha value is -0.960. The molecule has 0 radical (unpaired) electrons. The minimum atomic E-state index is -3.78. The van der Waals surface area contributed by atoms with Gasteiger partial charge in [0, 0.05) is 6.20 Å². The molecule has 20 heavy (non-hydrogen) atoms. The number of carbonyl (C=O) groups excluding carboxylic acids is 1. The second-order valence-corrected chi connectivity index (χ2v) is 8.36. The Morgan fingerprint density at radius 3 is 2.65 bits per heavy atom. The molecule has 106 valence electrons. The van der Waals surface area contributed by atoms with Crippen molar-refractivity contribution in [1.82, 2.24) is 9.71 Å². The molecule has 0 saturated heterocycles. The van der Waals surface area contributed by atoms with Crippen LogP contribution in [0.25, 0.3) is 0 Å². The average molecular weight is 396 g/mol. The van der Waals surface area contributed by atoms with Gasteiger partial charge in [0.2, 0.25) is 10.0 Å². The van der Waals surface area contributed by atoms with Crippen molar-refractivity contribution >= 4 is 54.8 Å². The van der Waals surface area contributed by atoms with Gasteiger partial charge in [-0.05, 0) is 39.7 Å². The van der Waals surface area contributed by atoms with Crippen molar-refractivity contribution in [2.24, 2.45) is 0 Å². The lowest BCUT2D eigenvalue weighted by Crippen LogP contribution is -2.31. The monoisotopic (exact) mass is 394 g/mol. The quantitative estimate of drug-likeness (QED) is 0.808. The molecule has 2 heterocycles. The Balaban J connectivity index is 2.07. The number of amides is 1. The summed E-state index contributed by atoms with van der Waals surface area (Å²) in [6, 6.07) is 6.25. The third-order valence-electron chi connectivity index (χ3n) is 2.19. The summed E-state index contributed by atoms with van der Waals surface area (Å²) in [6.45, 7) is 0. The maximum Gasteiger partial charge on any atom is 0.274 e. The van der Waals surface area contributed by atoms with Crippen molar-refractivity contribution in [3.63, 3.8) is 0 Å². The van der Waals surface area contributed by atoms with E-state index in [4.69, 9.17) is 11.6 Å². The van der Waals surface area contributed by atoms with E-state index in [1.165, 1.54) is 12.3 Å². The zero-order chi connectivity index (χ0) is 14.8. The van der Waals surface area contributed by atoms with Gasteiger partial charge in [-0.3, -0.25) is 4.79 Å². The van der Waals surface area contributed by atoms with E-state index >= 15 is 0 Å². The lowest BCUT2D eigenvalue weighted by Gasteiger charge is -2.05. The van der Waals surface area contributed by atoms with Gasteiger partial charge >= 0.3 is 0 Å². The molecule has 0 atom stereocenters. The maximum absolute atomic E-state index is 11.9. The first-order chi connectivity index (χ1) is 9.35. The number of hydrogen-bond donors (Lipinski definition) is 1. The molecule has 1 N–H and O–H groups in total. The van der Waals surface area contributed by atoms with Crippen molar-refractivity contribution in [3.8, 4) is 0 Å². The van der Waals surface area contributed by atoms with Gasteiger partial charge in [-0.1, -0.05) is 17.7 Å². The zero-order valence-electron chi connectivity index (χ0n) is 9.84. The van der Waals surface area contributed by atoms with Crippen LogP contribution in [0.3, 0.4) is 0 Å². The molecule has 5 nitrogen and oxygen atoms in total. The van der Waals surface area contributed by atoms with Crippen molar-refractivity contribution < 1.29 is 13.2 Å². The number of carbonyl (C=O) groups is 1. The normalized spacial score (nSPS) is 11.3. The van der Waals surface area contributed by atoms with Gasteiger partial charge in [0.1, 0.15) is 5.15 Å². The van der Waals surface area contributed by atoms with Gasteiger partial charge in [-0.25, -0.2) is 18.1 Å². The van der Waals surface area contributed by atoms with Crippen LogP contribution in [0.2, 0.25) is 5.15 Å². The third kappa shape index (κ3) is 4.27. The van der Waals surface area contributed by atoms with E-state index < -0.39 is 15.9 Å². The molecule has 0 aliphatic carbocycles. The third-order valence-corrected chi connectivity index (χ3v) is 5.25. The Morgan fingerprint density at radius 2 is 2.10 bits per heavy atom. The fourth-order valence-corrected chi connectivity index (χ4v) is 3.91. The van der Waals surface area contributed by atoms with Crippen LogP contribution in [0.1, 0.15) is 15.2 Å². The first-order valence-corrected chi connectivity index (χ1v) is 8.90. The molecule has 0 spiro atoms.